The number of carbonyl (C=O) groups excluding carboxylic acids is 1. The van der Waals surface area contributed by atoms with Crippen molar-refractivity contribution < 1.29 is 28.5 Å². The van der Waals surface area contributed by atoms with Crippen LogP contribution in [0.3, 0.4) is 0 Å². The topological polar surface area (TPSA) is 125 Å². The molecule has 1 atom stereocenters. The predicted molar refractivity (Wildman–Crippen MR) is 130 cm³/mol. The largest absolute Gasteiger partial charge is 0.494 e. The summed E-state index contributed by atoms with van der Waals surface area (Å²) in [5.41, 5.74) is -0.815. The molecule has 0 fully saturated rings. The summed E-state index contributed by atoms with van der Waals surface area (Å²) in [6.45, 7) is 1.22. The van der Waals surface area contributed by atoms with Gasteiger partial charge in [0.25, 0.3) is 5.91 Å². The molecule has 0 spiro atoms. The second-order valence-corrected chi connectivity index (χ2v) is 7.86. The molecule has 0 saturated heterocycles. The molecule has 35 heavy (non-hydrogen) atoms. The van der Waals surface area contributed by atoms with E-state index in [1.165, 1.54) is 69.7 Å². The Hall–Kier alpha value is -3.87. The Morgan fingerprint density at radius 2 is 1.97 bits per heavy atom. The van der Waals surface area contributed by atoms with Gasteiger partial charge in [0, 0.05) is 17.7 Å². The molecule has 3 N–H and O–H groups in total. The second kappa shape index (κ2) is 12.6. The van der Waals surface area contributed by atoms with Crippen LogP contribution in [0, 0.1) is 22.6 Å². The van der Waals surface area contributed by atoms with Crippen LogP contribution in [0.2, 0.25) is 5.02 Å². The number of nitriles is 1. The van der Waals surface area contributed by atoms with E-state index < -0.39 is 17.3 Å². The highest BCUT2D eigenvalue weighted by Crippen LogP contribution is 2.28. The molecule has 1 unspecified atom stereocenters. The zero-order chi connectivity index (χ0) is 26.0. The number of allylic oxidation sites excluding steroid dienone is 3. The fraction of sp³-hybridized carbons (Fsp3) is 0.240. The van der Waals surface area contributed by atoms with Crippen molar-refractivity contribution >= 4 is 23.2 Å². The summed E-state index contributed by atoms with van der Waals surface area (Å²) < 4.78 is 29.0. The average molecular weight is 502 g/mol. The lowest BCUT2D eigenvalue weighted by atomic mass is 10.0. The van der Waals surface area contributed by atoms with Gasteiger partial charge in [-0.05, 0) is 49.4 Å². The monoisotopic (exact) mass is 501 g/mol. The van der Waals surface area contributed by atoms with E-state index in [0.717, 1.165) is 6.07 Å². The zero-order valence-electron chi connectivity index (χ0n) is 19.4. The van der Waals surface area contributed by atoms with Crippen molar-refractivity contribution in [3.63, 3.8) is 0 Å². The zero-order valence-corrected chi connectivity index (χ0v) is 20.1. The fourth-order valence-corrected chi connectivity index (χ4v) is 3.03. The van der Waals surface area contributed by atoms with Crippen LogP contribution in [0.4, 0.5) is 4.39 Å². The molecule has 2 rings (SSSR count). The van der Waals surface area contributed by atoms with Crippen LogP contribution < -0.4 is 14.8 Å². The van der Waals surface area contributed by atoms with Crippen LogP contribution in [-0.2, 0) is 4.74 Å². The van der Waals surface area contributed by atoms with Gasteiger partial charge in [0.15, 0.2) is 18.1 Å². The standard InChI is InChI=1S/C25H25ClFN3O5/c1-25(32,10-4-5-21(33-2)23(29)16-6-8-19(27)18(26)13-16)15-30-24(31)17-7-9-20(35-12-11-28)22(14-17)34-3/h4-10,13-14,29,32H,12,15H2,1-3H3,(H,30,31)/b10-4+,21-5+,29-23?. The summed E-state index contributed by atoms with van der Waals surface area (Å²) in [6.07, 6.45) is 4.37. The molecule has 0 bridgehead atoms. The number of methoxy groups -OCH3 is 2. The number of rotatable bonds is 11. The number of nitrogens with zero attached hydrogens (tertiary/aromatic N) is 1. The SMILES string of the molecule is CO/C(=C/C=C/C(C)(O)CNC(=O)c1ccc(OCC#N)c(OC)c1)C(=N)c1ccc(F)c(Cl)c1. The summed E-state index contributed by atoms with van der Waals surface area (Å²) in [6, 6.07) is 10.2. The Morgan fingerprint density at radius 1 is 1.26 bits per heavy atom. The summed E-state index contributed by atoms with van der Waals surface area (Å²) in [7, 11) is 2.79. The lowest BCUT2D eigenvalue weighted by Crippen LogP contribution is -2.39. The van der Waals surface area contributed by atoms with E-state index in [4.69, 9.17) is 36.5 Å². The van der Waals surface area contributed by atoms with Crippen LogP contribution in [0.25, 0.3) is 0 Å². The molecule has 0 aliphatic rings. The lowest BCUT2D eigenvalue weighted by molar-refractivity contribution is 0.0831. The lowest BCUT2D eigenvalue weighted by Gasteiger charge is -2.19. The first-order valence-electron chi connectivity index (χ1n) is 10.3. The quantitative estimate of drug-likeness (QED) is 0.242. The number of hydrogen-bond donors (Lipinski definition) is 3. The number of hydrogen-bond acceptors (Lipinski definition) is 7. The Morgan fingerprint density at radius 3 is 2.60 bits per heavy atom. The normalized spacial score (nSPS) is 13.0. The second-order valence-electron chi connectivity index (χ2n) is 7.45. The Bertz CT molecular complexity index is 1190. The van der Waals surface area contributed by atoms with Gasteiger partial charge in [0.2, 0.25) is 0 Å². The van der Waals surface area contributed by atoms with Crippen molar-refractivity contribution in [1.82, 2.24) is 5.32 Å². The molecule has 184 valence electrons. The number of aliphatic hydroxyl groups is 1. The summed E-state index contributed by atoms with van der Waals surface area (Å²) in [5.74, 6) is -0.260. The first-order chi connectivity index (χ1) is 16.6. The number of ether oxygens (including phenoxy) is 3. The highest BCUT2D eigenvalue weighted by atomic mass is 35.5. The van der Waals surface area contributed by atoms with Crippen molar-refractivity contribution in [3.8, 4) is 17.6 Å². The van der Waals surface area contributed by atoms with Crippen molar-refractivity contribution in [3.05, 3.63) is 82.4 Å². The van der Waals surface area contributed by atoms with Gasteiger partial charge in [-0.3, -0.25) is 10.2 Å². The van der Waals surface area contributed by atoms with Crippen molar-refractivity contribution in [2.45, 2.75) is 12.5 Å². The first kappa shape index (κ1) is 27.4. The summed E-state index contributed by atoms with van der Waals surface area (Å²) in [4.78, 5) is 12.5. The molecule has 0 aliphatic heterocycles. The van der Waals surface area contributed by atoms with E-state index in [-0.39, 0.29) is 35.2 Å². The van der Waals surface area contributed by atoms with E-state index in [0.29, 0.717) is 17.1 Å². The van der Waals surface area contributed by atoms with Crippen LogP contribution in [-0.4, -0.2) is 49.7 Å². The molecule has 0 aliphatic carbocycles. The molecule has 10 heteroatoms. The molecule has 0 aromatic heterocycles. The van der Waals surface area contributed by atoms with Gasteiger partial charge >= 0.3 is 0 Å². The van der Waals surface area contributed by atoms with E-state index >= 15 is 0 Å². The third kappa shape index (κ3) is 7.84. The molecule has 0 radical (unpaired) electrons. The van der Waals surface area contributed by atoms with Crippen molar-refractivity contribution in [1.29, 1.82) is 10.7 Å². The van der Waals surface area contributed by atoms with E-state index in [1.54, 1.807) is 0 Å². The molecule has 0 saturated carbocycles. The third-order valence-corrected chi connectivity index (χ3v) is 4.99. The number of halogens is 2. The highest BCUT2D eigenvalue weighted by Gasteiger charge is 2.19. The molecular weight excluding hydrogens is 477 g/mol. The molecule has 2 aromatic rings. The van der Waals surface area contributed by atoms with Gasteiger partial charge in [-0.2, -0.15) is 5.26 Å². The molecular formula is C25H25ClFN3O5. The number of amides is 1. The Labute approximate surface area is 207 Å². The van der Waals surface area contributed by atoms with Gasteiger partial charge in [0.05, 0.1) is 24.8 Å². The van der Waals surface area contributed by atoms with E-state index in [2.05, 4.69) is 5.32 Å². The number of nitrogens with one attached hydrogen (secondary N) is 2. The van der Waals surface area contributed by atoms with Crippen LogP contribution >= 0.6 is 11.6 Å². The number of benzene rings is 2. The van der Waals surface area contributed by atoms with Crippen molar-refractivity contribution in [2.75, 3.05) is 27.4 Å². The minimum Gasteiger partial charge on any atom is -0.494 e. The minimum atomic E-state index is -1.42. The van der Waals surface area contributed by atoms with Crippen molar-refractivity contribution in [2.24, 2.45) is 0 Å². The number of carbonyl (C=O) groups is 1. The smallest absolute Gasteiger partial charge is 0.251 e. The fourth-order valence-electron chi connectivity index (χ4n) is 2.85. The summed E-state index contributed by atoms with van der Waals surface area (Å²) in [5, 5.41) is 30.0. The average Bonchev–Trinajstić information content (AvgIpc) is 2.85. The summed E-state index contributed by atoms with van der Waals surface area (Å²) >= 11 is 5.78. The molecule has 1 amide bonds. The van der Waals surface area contributed by atoms with Crippen LogP contribution in [0.5, 0.6) is 11.5 Å². The van der Waals surface area contributed by atoms with Gasteiger partial charge in [-0.1, -0.05) is 23.8 Å². The molecule has 0 heterocycles. The van der Waals surface area contributed by atoms with Gasteiger partial charge in [0.1, 0.15) is 23.4 Å². The highest BCUT2D eigenvalue weighted by molar-refractivity contribution is 6.31. The maximum Gasteiger partial charge on any atom is 0.251 e. The van der Waals surface area contributed by atoms with Gasteiger partial charge in [-0.25, -0.2) is 4.39 Å². The van der Waals surface area contributed by atoms with Gasteiger partial charge < -0.3 is 24.6 Å². The van der Waals surface area contributed by atoms with Crippen LogP contribution in [0.15, 0.2) is 60.4 Å². The predicted octanol–water partition coefficient (Wildman–Crippen LogP) is 4.03. The third-order valence-electron chi connectivity index (χ3n) is 4.70. The molecule has 2 aromatic carbocycles. The maximum atomic E-state index is 13.4. The van der Waals surface area contributed by atoms with E-state index in [1.807, 2.05) is 6.07 Å². The Kier molecular flexibility index (Phi) is 9.82. The Balaban J connectivity index is 2.04. The van der Waals surface area contributed by atoms with E-state index in [9.17, 15) is 14.3 Å². The van der Waals surface area contributed by atoms with Gasteiger partial charge in [-0.15, -0.1) is 0 Å². The van der Waals surface area contributed by atoms with Crippen LogP contribution in [0.1, 0.15) is 22.8 Å². The molecule has 8 nitrogen and oxygen atoms in total. The maximum absolute atomic E-state index is 13.4. The first-order valence-corrected chi connectivity index (χ1v) is 10.7. The minimum absolute atomic E-state index is 0.0249.